The van der Waals surface area contributed by atoms with Crippen LogP contribution in [0, 0.1) is 0 Å². The SMILES string of the molecule is c1ccc(-n2nnnc2SCc2nc3ccccc3nc2CSc2nnnn2-c2ccccc2)cc1.c1ccc(-n2nnnc2SCc2nc3ccccc3nc2CSc2nnnn2-c2ccccc2)cc1. The monoisotopic (exact) mass is 1020 g/mol. The van der Waals surface area contributed by atoms with Crippen molar-refractivity contribution in [2.75, 3.05) is 0 Å². The van der Waals surface area contributed by atoms with E-state index in [2.05, 4.69) is 62.1 Å². The molecular weight excluding hydrogens is 985 g/mol. The summed E-state index contributed by atoms with van der Waals surface area (Å²) in [5.41, 5.74) is 10.5. The number of thioether (sulfide) groups is 4. The zero-order chi connectivity index (χ0) is 48.3. The minimum absolute atomic E-state index is 0.560. The van der Waals surface area contributed by atoms with Gasteiger partial charge in [-0.25, -0.2) is 19.9 Å². The summed E-state index contributed by atoms with van der Waals surface area (Å²) in [6.07, 6.45) is 0. The first-order valence-corrected chi connectivity index (χ1v) is 26.0. The van der Waals surface area contributed by atoms with Crippen LogP contribution < -0.4 is 0 Å². The molecule has 20 nitrogen and oxygen atoms in total. The van der Waals surface area contributed by atoms with Crippen LogP contribution in [0.2, 0.25) is 0 Å². The van der Waals surface area contributed by atoms with Crippen molar-refractivity contribution in [1.82, 2.24) is 101 Å². The molecule has 0 amide bonds. The number of aromatic nitrogens is 20. The lowest BCUT2D eigenvalue weighted by atomic mass is 10.2. The van der Waals surface area contributed by atoms with Crippen LogP contribution in [-0.4, -0.2) is 101 Å². The van der Waals surface area contributed by atoms with E-state index in [-0.39, 0.29) is 0 Å². The Labute approximate surface area is 426 Å². The van der Waals surface area contributed by atoms with E-state index in [0.29, 0.717) is 43.6 Å². The topological polar surface area (TPSA) is 226 Å². The summed E-state index contributed by atoms with van der Waals surface area (Å²) in [5, 5.41) is 51.7. The van der Waals surface area contributed by atoms with Gasteiger partial charge in [0, 0.05) is 23.0 Å². The number of hydrogen-bond acceptors (Lipinski definition) is 20. The molecule has 0 aliphatic rings. The molecule has 0 spiro atoms. The van der Waals surface area contributed by atoms with Crippen molar-refractivity contribution in [2.45, 2.75) is 43.6 Å². The van der Waals surface area contributed by atoms with Gasteiger partial charge in [-0.15, -0.1) is 20.4 Å². The number of tetrazole rings is 4. The molecule has 0 unspecified atom stereocenters. The first-order valence-electron chi connectivity index (χ1n) is 22.1. The van der Waals surface area contributed by atoms with Crippen LogP contribution in [0.1, 0.15) is 22.8 Å². The highest BCUT2D eigenvalue weighted by molar-refractivity contribution is 7.99. The molecule has 0 aliphatic carbocycles. The van der Waals surface area contributed by atoms with E-state index in [1.54, 1.807) is 18.7 Å². The number of nitrogens with zero attached hydrogens (tertiary/aromatic N) is 20. The summed E-state index contributed by atoms with van der Waals surface area (Å²) in [6.45, 7) is 0. The fraction of sp³-hybridized carbons (Fsp3) is 0.0833. The summed E-state index contributed by atoms with van der Waals surface area (Å²) in [7, 11) is 0. The summed E-state index contributed by atoms with van der Waals surface area (Å²) in [5.74, 6) is 2.24. The van der Waals surface area contributed by atoms with Crippen LogP contribution in [0.15, 0.2) is 190 Å². The maximum atomic E-state index is 4.92. The van der Waals surface area contributed by atoms with Crippen molar-refractivity contribution in [2.24, 2.45) is 0 Å². The smallest absolute Gasteiger partial charge is 0.214 e. The highest BCUT2D eigenvalue weighted by Crippen LogP contribution is 2.30. The molecule has 72 heavy (non-hydrogen) atoms. The Bertz CT molecular complexity index is 3210. The van der Waals surface area contributed by atoms with Gasteiger partial charge in [-0.1, -0.05) is 144 Å². The van der Waals surface area contributed by atoms with Crippen LogP contribution >= 0.6 is 47.0 Å². The van der Waals surface area contributed by atoms with Gasteiger partial charge in [-0.05, 0) is 115 Å². The fourth-order valence-electron chi connectivity index (χ4n) is 7.14. The lowest BCUT2D eigenvalue weighted by Crippen LogP contribution is -2.03. The van der Waals surface area contributed by atoms with Gasteiger partial charge in [0.2, 0.25) is 20.6 Å². The standard InChI is InChI=1S/2C24H18N10S2/c2*1-3-9-17(10-4-1)33-23(27-29-31-33)35-15-21-22(26-20-14-8-7-13-19(20)25-21)16-36-24-28-30-32-34(24)18-11-5-2-6-12-18/h2*1-14H,15-16H2. The van der Waals surface area contributed by atoms with Crippen LogP contribution in [0.5, 0.6) is 0 Å². The lowest BCUT2D eigenvalue weighted by molar-refractivity contribution is 0.756. The van der Waals surface area contributed by atoms with E-state index in [1.807, 2.05) is 170 Å². The number of fused-ring (bicyclic) bond motifs is 2. The van der Waals surface area contributed by atoms with E-state index in [0.717, 1.165) is 67.6 Å². The number of benzene rings is 6. The molecule has 24 heteroatoms. The highest BCUT2D eigenvalue weighted by atomic mass is 32.2. The van der Waals surface area contributed by atoms with Crippen molar-refractivity contribution >= 4 is 69.1 Å². The van der Waals surface area contributed by atoms with Crippen molar-refractivity contribution in [3.63, 3.8) is 0 Å². The van der Waals surface area contributed by atoms with Crippen molar-refractivity contribution < 1.29 is 0 Å². The molecule has 0 N–H and O–H groups in total. The second kappa shape index (κ2) is 22.2. The molecule has 12 aromatic rings. The maximum absolute atomic E-state index is 4.92. The van der Waals surface area contributed by atoms with E-state index in [9.17, 15) is 0 Å². The zero-order valence-electron chi connectivity index (χ0n) is 37.6. The van der Waals surface area contributed by atoms with E-state index in [1.165, 1.54) is 47.0 Å². The molecule has 0 radical (unpaired) electrons. The minimum Gasteiger partial charge on any atom is -0.248 e. The maximum Gasteiger partial charge on any atom is 0.214 e. The molecule has 0 fully saturated rings. The predicted octanol–water partition coefficient (Wildman–Crippen LogP) is 8.33. The normalized spacial score (nSPS) is 11.2. The Morgan fingerprint density at radius 1 is 0.264 bits per heavy atom. The third kappa shape index (κ3) is 10.7. The number of rotatable bonds is 16. The fourth-order valence-corrected chi connectivity index (χ4v) is 10.6. The third-order valence-electron chi connectivity index (χ3n) is 10.6. The van der Waals surface area contributed by atoms with E-state index in [4.69, 9.17) is 19.9 Å². The molecule has 352 valence electrons. The molecule has 0 aliphatic heterocycles. The van der Waals surface area contributed by atoms with Gasteiger partial charge in [0.05, 0.1) is 67.6 Å². The Hall–Kier alpha value is -8.32. The molecule has 0 saturated carbocycles. The van der Waals surface area contributed by atoms with Gasteiger partial charge in [-0.2, -0.15) is 18.7 Å². The van der Waals surface area contributed by atoms with Gasteiger partial charge in [-0.3, -0.25) is 0 Å². The first kappa shape index (κ1) is 46.1. The van der Waals surface area contributed by atoms with Crippen LogP contribution in [-0.2, 0) is 23.0 Å². The van der Waals surface area contributed by atoms with Gasteiger partial charge in [0.15, 0.2) is 0 Å². The molecule has 12 rings (SSSR count). The highest BCUT2D eigenvalue weighted by Gasteiger charge is 2.19. The first-order chi connectivity index (χ1) is 35.7. The summed E-state index contributed by atoms with van der Waals surface area (Å²) < 4.78 is 6.90. The van der Waals surface area contributed by atoms with Gasteiger partial charge in [0.25, 0.3) is 0 Å². The van der Waals surface area contributed by atoms with Gasteiger partial charge >= 0.3 is 0 Å². The van der Waals surface area contributed by atoms with Crippen LogP contribution in [0.25, 0.3) is 44.8 Å². The second-order valence-electron chi connectivity index (χ2n) is 15.2. The average molecular weight is 1020 g/mol. The Balaban J connectivity index is 0.000000156. The Morgan fingerprint density at radius 2 is 0.472 bits per heavy atom. The van der Waals surface area contributed by atoms with Crippen LogP contribution in [0.4, 0.5) is 0 Å². The predicted molar refractivity (Wildman–Crippen MR) is 274 cm³/mol. The molecule has 6 heterocycles. The number of para-hydroxylation sites is 8. The second-order valence-corrected chi connectivity index (χ2v) is 19.0. The average Bonchev–Trinajstić information content (AvgIpc) is 4.31. The third-order valence-corrected chi connectivity index (χ3v) is 14.3. The molecule has 6 aromatic heterocycles. The van der Waals surface area contributed by atoms with E-state index >= 15 is 0 Å². The molecule has 0 saturated heterocycles. The van der Waals surface area contributed by atoms with Gasteiger partial charge in [0.1, 0.15) is 0 Å². The minimum atomic E-state index is 0.560. The van der Waals surface area contributed by atoms with Crippen molar-refractivity contribution in [3.05, 3.63) is 193 Å². The number of hydrogen-bond donors (Lipinski definition) is 0. The molecule has 0 atom stereocenters. The van der Waals surface area contributed by atoms with E-state index < -0.39 is 0 Å². The lowest BCUT2D eigenvalue weighted by Gasteiger charge is -2.10. The summed E-state index contributed by atoms with van der Waals surface area (Å²) >= 11 is 6.07. The molecule has 0 bridgehead atoms. The summed E-state index contributed by atoms with van der Waals surface area (Å²) in [4.78, 5) is 19.7. The summed E-state index contributed by atoms with van der Waals surface area (Å²) in [6, 6.07) is 55.0. The van der Waals surface area contributed by atoms with Crippen molar-refractivity contribution in [3.8, 4) is 22.7 Å². The zero-order valence-corrected chi connectivity index (χ0v) is 40.8. The van der Waals surface area contributed by atoms with Crippen molar-refractivity contribution in [1.29, 1.82) is 0 Å². The Morgan fingerprint density at radius 3 is 0.694 bits per heavy atom. The molecule has 6 aromatic carbocycles. The largest absolute Gasteiger partial charge is 0.248 e. The quantitative estimate of drug-likeness (QED) is 0.0829. The van der Waals surface area contributed by atoms with Crippen LogP contribution in [0.3, 0.4) is 0 Å². The van der Waals surface area contributed by atoms with Gasteiger partial charge < -0.3 is 0 Å². The Kier molecular flexibility index (Phi) is 14.2. The molecular formula is C48H36N20S4.